The largest absolute Gasteiger partial charge is 0.394 e. The monoisotopic (exact) mass is 326 g/mol. The molecule has 2 aromatic heterocycles. The number of carbonyl (C=O) groups excluding carboxylic acids is 1. The minimum atomic E-state index is -0.233. The second-order valence-electron chi connectivity index (χ2n) is 4.47. The van der Waals surface area contributed by atoms with Crippen molar-refractivity contribution in [3.05, 3.63) is 17.5 Å². The normalized spacial score (nSPS) is 12.3. The van der Waals surface area contributed by atoms with E-state index in [1.807, 2.05) is 29.0 Å². The van der Waals surface area contributed by atoms with Gasteiger partial charge in [0, 0.05) is 12.6 Å². The van der Waals surface area contributed by atoms with Gasteiger partial charge in [-0.2, -0.15) is 0 Å². The average molecular weight is 326 g/mol. The molecule has 0 saturated carbocycles. The minimum absolute atomic E-state index is 0.0654. The van der Waals surface area contributed by atoms with Crippen molar-refractivity contribution in [3.8, 4) is 10.7 Å². The third-order valence-electron chi connectivity index (χ3n) is 2.79. The molecule has 0 spiro atoms. The van der Waals surface area contributed by atoms with Crippen molar-refractivity contribution < 1.29 is 9.90 Å². The summed E-state index contributed by atoms with van der Waals surface area (Å²) < 4.78 is 2.00. The third kappa shape index (κ3) is 4.05. The summed E-state index contributed by atoms with van der Waals surface area (Å²) >= 11 is 2.97. The topological polar surface area (TPSA) is 80.0 Å². The molecule has 0 aliphatic rings. The fourth-order valence-electron chi connectivity index (χ4n) is 1.76. The molecule has 2 N–H and O–H groups in total. The molecule has 0 saturated heterocycles. The van der Waals surface area contributed by atoms with Gasteiger partial charge in [-0.25, -0.2) is 0 Å². The van der Waals surface area contributed by atoms with Crippen molar-refractivity contribution in [2.24, 2.45) is 0 Å². The van der Waals surface area contributed by atoms with Gasteiger partial charge in [0.05, 0.1) is 17.2 Å². The first-order chi connectivity index (χ1) is 10.2. The van der Waals surface area contributed by atoms with Crippen LogP contribution in [0.1, 0.15) is 13.8 Å². The van der Waals surface area contributed by atoms with Crippen LogP contribution in [-0.4, -0.2) is 44.2 Å². The summed E-state index contributed by atoms with van der Waals surface area (Å²) in [6.45, 7) is 4.46. The molecule has 0 fully saturated rings. The Morgan fingerprint density at radius 3 is 3.00 bits per heavy atom. The summed E-state index contributed by atoms with van der Waals surface area (Å²) in [5, 5.41) is 22.7. The van der Waals surface area contributed by atoms with Crippen LogP contribution < -0.4 is 5.32 Å². The van der Waals surface area contributed by atoms with Crippen LogP contribution in [0.25, 0.3) is 10.7 Å². The van der Waals surface area contributed by atoms with Crippen LogP contribution in [-0.2, 0) is 11.3 Å². The zero-order valence-electron chi connectivity index (χ0n) is 11.9. The molecular weight excluding hydrogens is 308 g/mol. The van der Waals surface area contributed by atoms with Gasteiger partial charge in [-0.1, -0.05) is 17.8 Å². The van der Waals surface area contributed by atoms with Gasteiger partial charge >= 0.3 is 0 Å². The van der Waals surface area contributed by atoms with E-state index in [9.17, 15) is 4.79 Å². The highest BCUT2D eigenvalue weighted by atomic mass is 32.2. The van der Waals surface area contributed by atoms with E-state index < -0.39 is 0 Å². The molecule has 8 heteroatoms. The lowest BCUT2D eigenvalue weighted by molar-refractivity contribution is -0.119. The molecule has 1 amide bonds. The zero-order valence-corrected chi connectivity index (χ0v) is 13.6. The number of rotatable bonds is 7. The number of nitrogens with one attached hydrogen (secondary N) is 1. The Morgan fingerprint density at radius 1 is 1.57 bits per heavy atom. The number of aliphatic hydroxyl groups excluding tert-OH is 1. The highest BCUT2D eigenvalue weighted by Crippen LogP contribution is 2.26. The van der Waals surface area contributed by atoms with Crippen LogP contribution in [0.5, 0.6) is 0 Å². The summed E-state index contributed by atoms with van der Waals surface area (Å²) in [5.41, 5.74) is 0. The number of hydrogen-bond donors (Lipinski definition) is 2. The van der Waals surface area contributed by atoms with E-state index >= 15 is 0 Å². The molecular formula is C13H18N4O2S2. The summed E-state index contributed by atoms with van der Waals surface area (Å²) in [6.07, 6.45) is 0. The summed E-state index contributed by atoms with van der Waals surface area (Å²) in [5.74, 6) is 0.969. The molecule has 0 aromatic carbocycles. The van der Waals surface area contributed by atoms with Crippen LogP contribution in [0, 0.1) is 0 Å². The average Bonchev–Trinajstić information content (AvgIpc) is 3.13. The van der Waals surface area contributed by atoms with Crippen molar-refractivity contribution in [2.75, 3.05) is 12.4 Å². The molecule has 6 nitrogen and oxygen atoms in total. The van der Waals surface area contributed by atoms with Crippen LogP contribution in [0.2, 0.25) is 0 Å². The van der Waals surface area contributed by atoms with Gasteiger partial charge in [0.15, 0.2) is 11.0 Å². The standard InChI is InChI=1S/C13H18N4O2S2/c1-3-17-12(10-5-4-6-20-10)15-16-13(17)21-8-11(19)14-9(2)7-18/h4-6,9,18H,3,7-8H2,1-2H3,(H,14,19). The number of thiophene rings is 1. The van der Waals surface area contributed by atoms with E-state index in [-0.39, 0.29) is 24.3 Å². The smallest absolute Gasteiger partial charge is 0.230 e. The Kier molecular flexibility index (Phi) is 5.77. The fraction of sp³-hybridized carbons (Fsp3) is 0.462. The van der Waals surface area contributed by atoms with E-state index in [1.54, 1.807) is 18.3 Å². The van der Waals surface area contributed by atoms with Crippen LogP contribution >= 0.6 is 23.1 Å². The molecule has 21 heavy (non-hydrogen) atoms. The number of nitrogens with zero attached hydrogens (tertiary/aromatic N) is 3. The predicted octanol–water partition coefficient (Wildman–Crippen LogP) is 1.62. The first kappa shape index (κ1) is 16.0. The number of aromatic nitrogens is 3. The van der Waals surface area contributed by atoms with Crippen molar-refractivity contribution in [1.29, 1.82) is 0 Å². The molecule has 1 atom stereocenters. The second kappa shape index (κ2) is 7.58. The Morgan fingerprint density at radius 2 is 2.38 bits per heavy atom. The molecule has 1 unspecified atom stereocenters. The molecule has 0 bridgehead atoms. The molecule has 0 radical (unpaired) electrons. The highest BCUT2D eigenvalue weighted by Gasteiger charge is 2.15. The van der Waals surface area contributed by atoms with Gasteiger partial charge in [0.25, 0.3) is 0 Å². The highest BCUT2D eigenvalue weighted by molar-refractivity contribution is 7.99. The van der Waals surface area contributed by atoms with Crippen molar-refractivity contribution >= 4 is 29.0 Å². The van der Waals surface area contributed by atoms with E-state index in [2.05, 4.69) is 15.5 Å². The Balaban J connectivity index is 2.03. The quantitative estimate of drug-likeness (QED) is 0.756. The van der Waals surface area contributed by atoms with Gasteiger partial charge in [-0.05, 0) is 25.3 Å². The number of hydrogen-bond acceptors (Lipinski definition) is 6. The minimum Gasteiger partial charge on any atom is -0.394 e. The van der Waals surface area contributed by atoms with E-state index in [0.717, 1.165) is 22.4 Å². The lowest BCUT2D eigenvalue weighted by atomic mass is 10.4. The number of aliphatic hydroxyl groups is 1. The number of thioether (sulfide) groups is 1. The maximum atomic E-state index is 11.7. The second-order valence-corrected chi connectivity index (χ2v) is 6.36. The predicted molar refractivity (Wildman–Crippen MR) is 84.4 cm³/mol. The molecule has 0 aliphatic carbocycles. The summed E-state index contributed by atoms with van der Waals surface area (Å²) in [6, 6.07) is 3.75. The van der Waals surface area contributed by atoms with E-state index in [0.29, 0.717) is 0 Å². The Hall–Kier alpha value is -1.38. The molecule has 2 heterocycles. The Labute approximate surface area is 131 Å². The first-order valence-corrected chi connectivity index (χ1v) is 8.52. The van der Waals surface area contributed by atoms with Gasteiger partial charge < -0.3 is 15.0 Å². The maximum Gasteiger partial charge on any atom is 0.230 e. The SMILES string of the molecule is CCn1c(SCC(=O)NC(C)CO)nnc1-c1cccs1. The Bertz CT molecular complexity index is 583. The van der Waals surface area contributed by atoms with Crippen LogP contribution in [0.4, 0.5) is 0 Å². The third-order valence-corrected chi connectivity index (χ3v) is 4.62. The van der Waals surface area contributed by atoms with Crippen molar-refractivity contribution in [3.63, 3.8) is 0 Å². The van der Waals surface area contributed by atoms with Gasteiger partial charge in [-0.3, -0.25) is 4.79 Å². The van der Waals surface area contributed by atoms with Crippen LogP contribution in [0.15, 0.2) is 22.7 Å². The molecule has 114 valence electrons. The van der Waals surface area contributed by atoms with Gasteiger partial charge in [0.2, 0.25) is 5.91 Å². The van der Waals surface area contributed by atoms with Crippen molar-refractivity contribution in [1.82, 2.24) is 20.1 Å². The van der Waals surface area contributed by atoms with Gasteiger partial charge in [-0.15, -0.1) is 21.5 Å². The maximum absolute atomic E-state index is 11.7. The van der Waals surface area contributed by atoms with Crippen molar-refractivity contribution in [2.45, 2.75) is 31.6 Å². The van der Waals surface area contributed by atoms with Crippen LogP contribution in [0.3, 0.4) is 0 Å². The summed E-state index contributed by atoms with van der Waals surface area (Å²) in [7, 11) is 0. The van der Waals surface area contributed by atoms with E-state index in [1.165, 1.54) is 11.8 Å². The molecule has 0 aliphatic heterocycles. The molecule has 2 aromatic rings. The number of carbonyl (C=O) groups is 1. The lowest BCUT2D eigenvalue weighted by Gasteiger charge is -2.10. The van der Waals surface area contributed by atoms with Gasteiger partial charge in [0.1, 0.15) is 0 Å². The zero-order chi connectivity index (χ0) is 15.2. The fourth-order valence-corrected chi connectivity index (χ4v) is 3.29. The number of amides is 1. The summed E-state index contributed by atoms with van der Waals surface area (Å²) in [4.78, 5) is 12.8. The lowest BCUT2D eigenvalue weighted by Crippen LogP contribution is -2.36. The first-order valence-electron chi connectivity index (χ1n) is 6.65. The molecule has 2 rings (SSSR count). The van der Waals surface area contributed by atoms with E-state index in [4.69, 9.17) is 5.11 Å².